The molecule has 5 heteroatoms. The van der Waals surface area contributed by atoms with Crippen LogP contribution < -0.4 is 5.73 Å². The van der Waals surface area contributed by atoms with Gasteiger partial charge in [-0.3, -0.25) is 9.59 Å². The minimum atomic E-state index is -0.116. The van der Waals surface area contributed by atoms with Gasteiger partial charge in [0.1, 0.15) is 0 Å². The van der Waals surface area contributed by atoms with Gasteiger partial charge in [-0.2, -0.15) is 0 Å². The van der Waals surface area contributed by atoms with Crippen LogP contribution in [0.25, 0.3) is 0 Å². The molecule has 1 aromatic rings. The van der Waals surface area contributed by atoms with Gasteiger partial charge in [0.25, 0.3) is 11.8 Å². The summed E-state index contributed by atoms with van der Waals surface area (Å²) in [5, 5.41) is 0. The Labute approximate surface area is 139 Å². The lowest BCUT2D eigenvalue weighted by Gasteiger charge is -2.24. The Morgan fingerprint density at radius 1 is 1.09 bits per heavy atom. The first kappa shape index (κ1) is 19.2. The zero-order valence-electron chi connectivity index (χ0n) is 14.7. The number of likely N-dealkylation sites (N-methyl/N-ethyl adjacent to an activating group) is 1. The van der Waals surface area contributed by atoms with Gasteiger partial charge in [-0.1, -0.05) is 19.9 Å². The third-order valence-corrected chi connectivity index (χ3v) is 3.95. The van der Waals surface area contributed by atoms with E-state index in [1.54, 1.807) is 36.2 Å². The van der Waals surface area contributed by atoms with Crippen LogP contribution in [0.15, 0.2) is 24.3 Å². The summed E-state index contributed by atoms with van der Waals surface area (Å²) in [5.74, 6) is -0.131. The molecular formula is C18H29N3O2. The maximum atomic E-state index is 12.6. The highest BCUT2D eigenvalue weighted by Crippen LogP contribution is 2.12. The summed E-state index contributed by atoms with van der Waals surface area (Å²) in [6, 6.07) is 6.91. The normalized spacial score (nSPS) is 11.9. The molecule has 2 N–H and O–H groups in total. The van der Waals surface area contributed by atoms with E-state index < -0.39 is 0 Å². The largest absolute Gasteiger partial charge is 0.339 e. The van der Waals surface area contributed by atoms with Crippen LogP contribution in [0, 0.1) is 0 Å². The summed E-state index contributed by atoms with van der Waals surface area (Å²) in [4.78, 5) is 28.6. The summed E-state index contributed by atoms with van der Waals surface area (Å²) in [5.41, 5.74) is 6.70. The third kappa shape index (κ3) is 5.06. The van der Waals surface area contributed by atoms with Gasteiger partial charge in [0, 0.05) is 43.9 Å². The lowest BCUT2D eigenvalue weighted by molar-refractivity contribution is 0.0748. The van der Waals surface area contributed by atoms with E-state index in [2.05, 4.69) is 13.8 Å². The van der Waals surface area contributed by atoms with Gasteiger partial charge in [-0.25, -0.2) is 0 Å². The van der Waals surface area contributed by atoms with Crippen molar-refractivity contribution >= 4 is 11.8 Å². The quantitative estimate of drug-likeness (QED) is 0.800. The van der Waals surface area contributed by atoms with Crippen molar-refractivity contribution in [3.8, 4) is 0 Å². The summed E-state index contributed by atoms with van der Waals surface area (Å²) >= 11 is 0. The van der Waals surface area contributed by atoms with Gasteiger partial charge in [0.2, 0.25) is 0 Å². The average Bonchev–Trinajstić information content (AvgIpc) is 2.59. The van der Waals surface area contributed by atoms with Crippen molar-refractivity contribution < 1.29 is 9.59 Å². The highest BCUT2D eigenvalue weighted by atomic mass is 16.2. The monoisotopic (exact) mass is 319 g/mol. The molecule has 1 unspecified atom stereocenters. The standard InChI is InChI=1S/C18H29N3O2/c1-5-10-21(11-6-2)18(23)16-9-7-8-15(12-16)17(22)20(4)14(3)13-19/h7-9,12,14H,5-6,10-11,13,19H2,1-4H3. The second kappa shape index (κ2) is 9.30. The fourth-order valence-corrected chi connectivity index (χ4v) is 2.38. The van der Waals surface area contributed by atoms with Crippen LogP contribution in [-0.2, 0) is 0 Å². The molecule has 2 amide bonds. The molecule has 1 rings (SSSR count). The molecule has 0 fully saturated rings. The van der Waals surface area contributed by atoms with Crippen LogP contribution in [0.5, 0.6) is 0 Å². The molecule has 0 aliphatic heterocycles. The molecule has 0 bridgehead atoms. The lowest BCUT2D eigenvalue weighted by atomic mass is 10.1. The topological polar surface area (TPSA) is 66.6 Å². The molecule has 0 saturated heterocycles. The lowest BCUT2D eigenvalue weighted by Crippen LogP contribution is -2.39. The van der Waals surface area contributed by atoms with E-state index in [0.29, 0.717) is 17.7 Å². The van der Waals surface area contributed by atoms with Crippen LogP contribution in [0.4, 0.5) is 0 Å². The number of amides is 2. The summed E-state index contributed by atoms with van der Waals surface area (Å²) in [6.07, 6.45) is 1.84. The van der Waals surface area contributed by atoms with Crippen LogP contribution in [0.1, 0.15) is 54.3 Å². The molecule has 128 valence electrons. The van der Waals surface area contributed by atoms with E-state index in [4.69, 9.17) is 5.73 Å². The van der Waals surface area contributed by atoms with E-state index in [0.717, 1.165) is 25.9 Å². The molecule has 0 saturated carbocycles. The molecule has 0 aliphatic rings. The van der Waals surface area contributed by atoms with Crippen molar-refractivity contribution in [3.63, 3.8) is 0 Å². The van der Waals surface area contributed by atoms with Gasteiger partial charge >= 0.3 is 0 Å². The summed E-state index contributed by atoms with van der Waals surface area (Å²) in [6.45, 7) is 7.88. The molecule has 0 radical (unpaired) electrons. The van der Waals surface area contributed by atoms with E-state index in [1.165, 1.54) is 0 Å². The SMILES string of the molecule is CCCN(CCC)C(=O)c1cccc(C(=O)N(C)C(C)CN)c1. The predicted octanol–water partition coefficient (Wildman–Crippen LogP) is 2.37. The van der Waals surface area contributed by atoms with Gasteiger partial charge in [-0.05, 0) is 38.0 Å². The van der Waals surface area contributed by atoms with Crippen LogP contribution in [0.2, 0.25) is 0 Å². The first-order valence-electron chi connectivity index (χ1n) is 8.32. The smallest absolute Gasteiger partial charge is 0.253 e. The van der Waals surface area contributed by atoms with Crippen molar-refractivity contribution in [2.24, 2.45) is 5.73 Å². The molecule has 0 heterocycles. The second-order valence-electron chi connectivity index (χ2n) is 5.87. The Bertz CT molecular complexity index is 525. The highest BCUT2D eigenvalue weighted by molar-refractivity contribution is 5.99. The van der Waals surface area contributed by atoms with Crippen LogP contribution in [-0.4, -0.2) is 54.3 Å². The van der Waals surface area contributed by atoms with E-state index in [1.807, 2.05) is 11.8 Å². The first-order chi connectivity index (χ1) is 11.0. The first-order valence-corrected chi connectivity index (χ1v) is 8.32. The molecule has 5 nitrogen and oxygen atoms in total. The van der Waals surface area contributed by atoms with E-state index in [9.17, 15) is 9.59 Å². The molecule has 0 aromatic heterocycles. The van der Waals surface area contributed by atoms with Gasteiger partial charge in [-0.15, -0.1) is 0 Å². The number of rotatable bonds is 8. The Morgan fingerprint density at radius 2 is 1.61 bits per heavy atom. The zero-order chi connectivity index (χ0) is 17.4. The Hall–Kier alpha value is -1.88. The number of nitrogens with two attached hydrogens (primary N) is 1. The van der Waals surface area contributed by atoms with Crippen LogP contribution >= 0.6 is 0 Å². The zero-order valence-corrected chi connectivity index (χ0v) is 14.7. The fraction of sp³-hybridized carbons (Fsp3) is 0.556. The Balaban J connectivity index is 2.99. The maximum absolute atomic E-state index is 12.6. The predicted molar refractivity (Wildman–Crippen MR) is 93.5 cm³/mol. The number of nitrogens with zero attached hydrogens (tertiary/aromatic N) is 2. The van der Waals surface area contributed by atoms with Crippen molar-refractivity contribution in [3.05, 3.63) is 35.4 Å². The molecule has 0 spiro atoms. The third-order valence-electron chi connectivity index (χ3n) is 3.95. The fourth-order valence-electron chi connectivity index (χ4n) is 2.38. The van der Waals surface area contributed by atoms with Gasteiger partial charge in [0.05, 0.1) is 0 Å². The average molecular weight is 319 g/mol. The van der Waals surface area contributed by atoms with Gasteiger partial charge in [0.15, 0.2) is 0 Å². The minimum Gasteiger partial charge on any atom is -0.339 e. The number of benzene rings is 1. The molecule has 1 aromatic carbocycles. The maximum Gasteiger partial charge on any atom is 0.253 e. The Morgan fingerprint density at radius 3 is 2.09 bits per heavy atom. The molecule has 1 atom stereocenters. The van der Waals surface area contributed by atoms with Gasteiger partial charge < -0.3 is 15.5 Å². The van der Waals surface area contributed by atoms with E-state index >= 15 is 0 Å². The number of carbonyl (C=O) groups is 2. The summed E-state index contributed by atoms with van der Waals surface area (Å²) in [7, 11) is 1.73. The van der Waals surface area contributed by atoms with Crippen LogP contribution in [0.3, 0.4) is 0 Å². The Kier molecular flexibility index (Phi) is 7.75. The summed E-state index contributed by atoms with van der Waals surface area (Å²) < 4.78 is 0. The second-order valence-corrected chi connectivity index (χ2v) is 5.87. The molecular weight excluding hydrogens is 290 g/mol. The molecule has 23 heavy (non-hydrogen) atoms. The van der Waals surface area contributed by atoms with Crippen molar-refractivity contribution in [2.45, 2.75) is 39.7 Å². The minimum absolute atomic E-state index is 0.0159. The highest BCUT2D eigenvalue weighted by Gasteiger charge is 2.19. The number of hydrogen-bond acceptors (Lipinski definition) is 3. The molecule has 0 aliphatic carbocycles. The number of hydrogen-bond donors (Lipinski definition) is 1. The van der Waals surface area contributed by atoms with E-state index in [-0.39, 0.29) is 17.9 Å². The van der Waals surface area contributed by atoms with Crippen molar-refractivity contribution in [2.75, 3.05) is 26.7 Å². The van der Waals surface area contributed by atoms with Crippen molar-refractivity contribution in [1.82, 2.24) is 9.80 Å². The number of carbonyl (C=O) groups excluding carboxylic acids is 2. The van der Waals surface area contributed by atoms with Crippen molar-refractivity contribution in [1.29, 1.82) is 0 Å².